The van der Waals surface area contributed by atoms with E-state index in [-0.39, 0.29) is 11.9 Å². The first kappa shape index (κ1) is 14.4. The third kappa shape index (κ3) is 3.07. The van der Waals surface area contributed by atoms with Gasteiger partial charge in [0.2, 0.25) is 6.43 Å². The first-order valence-electron chi connectivity index (χ1n) is 7.51. The second-order valence-corrected chi connectivity index (χ2v) is 5.91. The van der Waals surface area contributed by atoms with Crippen molar-refractivity contribution < 1.29 is 13.6 Å². The van der Waals surface area contributed by atoms with E-state index in [0.29, 0.717) is 31.5 Å². The van der Waals surface area contributed by atoms with E-state index < -0.39 is 12.3 Å². The Morgan fingerprint density at radius 3 is 2.24 bits per heavy atom. The van der Waals surface area contributed by atoms with E-state index >= 15 is 0 Å². The third-order valence-corrected chi connectivity index (χ3v) is 4.64. The highest BCUT2D eigenvalue weighted by atomic mass is 19.3. The molecule has 1 aromatic rings. The molecule has 114 valence electrons. The van der Waals surface area contributed by atoms with Gasteiger partial charge in [-0.15, -0.1) is 0 Å². The van der Waals surface area contributed by atoms with Gasteiger partial charge in [-0.05, 0) is 25.0 Å². The van der Waals surface area contributed by atoms with Crippen LogP contribution in [0.25, 0.3) is 0 Å². The highest BCUT2D eigenvalue weighted by Gasteiger charge is 2.39. The fourth-order valence-electron chi connectivity index (χ4n) is 3.19. The number of halogens is 2. The second kappa shape index (κ2) is 6.10. The van der Waals surface area contributed by atoms with Gasteiger partial charge < -0.3 is 4.90 Å². The van der Waals surface area contributed by atoms with Gasteiger partial charge >= 0.3 is 0 Å². The zero-order chi connectivity index (χ0) is 14.8. The van der Waals surface area contributed by atoms with Crippen LogP contribution in [0, 0.1) is 5.92 Å². The predicted octanol–water partition coefficient (Wildman–Crippen LogP) is 2.49. The Labute approximate surface area is 123 Å². The van der Waals surface area contributed by atoms with Crippen LogP contribution < -0.4 is 0 Å². The Morgan fingerprint density at radius 1 is 1.05 bits per heavy atom. The summed E-state index contributed by atoms with van der Waals surface area (Å²) in [6.07, 6.45) is -0.976. The average Bonchev–Trinajstić information content (AvgIpc) is 2.46. The third-order valence-electron chi connectivity index (χ3n) is 4.64. The van der Waals surface area contributed by atoms with Crippen LogP contribution in [0.2, 0.25) is 0 Å². The number of benzene rings is 1. The summed E-state index contributed by atoms with van der Waals surface area (Å²) in [4.78, 5) is 16.4. The topological polar surface area (TPSA) is 23.6 Å². The molecular formula is C16H20F2N2O. The molecule has 0 aromatic heterocycles. The van der Waals surface area contributed by atoms with Gasteiger partial charge in [-0.1, -0.05) is 18.2 Å². The summed E-state index contributed by atoms with van der Waals surface area (Å²) in [6, 6.07) is 9.56. The van der Waals surface area contributed by atoms with Gasteiger partial charge in [-0.25, -0.2) is 8.78 Å². The molecule has 0 unspecified atom stereocenters. The molecule has 2 fully saturated rings. The van der Waals surface area contributed by atoms with Crippen LogP contribution in [-0.4, -0.2) is 54.4 Å². The zero-order valence-electron chi connectivity index (χ0n) is 11.9. The smallest absolute Gasteiger partial charge is 0.253 e. The lowest BCUT2D eigenvalue weighted by Gasteiger charge is -2.46. The van der Waals surface area contributed by atoms with Crippen LogP contribution in [0.15, 0.2) is 30.3 Å². The van der Waals surface area contributed by atoms with Crippen LogP contribution in [0.1, 0.15) is 23.2 Å². The predicted molar refractivity (Wildman–Crippen MR) is 76.4 cm³/mol. The molecule has 0 spiro atoms. The maximum atomic E-state index is 12.5. The van der Waals surface area contributed by atoms with Crippen molar-refractivity contribution in [1.29, 1.82) is 0 Å². The van der Waals surface area contributed by atoms with Crippen molar-refractivity contribution in [2.45, 2.75) is 25.3 Å². The molecule has 21 heavy (non-hydrogen) atoms. The van der Waals surface area contributed by atoms with E-state index in [1.165, 1.54) is 0 Å². The van der Waals surface area contributed by atoms with Gasteiger partial charge in [-0.3, -0.25) is 9.69 Å². The molecule has 1 saturated carbocycles. The summed E-state index contributed by atoms with van der Waals surface area (Å²) in [5.74, 6) is -0.353. The summed E-state index contributed by atoms with van der Waals surface area (Å²) in [6.45, 7) is 2.95. The van der Waals surface area contributed by atoms with Crippen molar-refractivity contribution in [2.24, 2.45) is 5.92 Å². The number of carbonyl (C=O) groups is 1. The quantitative estimate of drug-likeness (QED) is 0.855. The molecule has 1 aromatic carbocycles. The van der Waals surface area contributed by atoms with E-state index in [0.717, 1.165) is 13.1 Å². The molecule has 5 heteroatoms. The number of hydrogen-bond acceptors (Lipinski definition) is 2. The molecule has 0 N–H and O–H groups in total. The molecule has 1 aliphatic heterocycles. The van der Waals surface area contributed by atoms with Crippen molar-refractivity contribution in [3.05, 3.63) is 35.9 Å². The molecule has 3 nitrogen and oxygen atoms in total. The van der Waals surface area contributed by atoms with Crippen molar-refractivity contribution in [3.63, 3.8) is 0 Å². The standard InChI is InChI=1S/C16H20F2N2O/c17-15(18)13-10-14(11-13)19-6-8-20(9-7-19)16(21)12-4-2-1-3-5-12/h1-5,13-15H,6-11H2. The maximum absolute atomic E-state index is 12.5. The van der Waals surface area contributed by atoms with Crippen LogP contribution in [-0.2, 0) is 0 Å². The zero-order valence-corrected chi connectivity index (χ0v) is 11.9. The largest absolute Gasteiger partial charge is 0.336 e. The lowest BCUT2D eigenvalue weighted by atomic mass is 9.79. The first-order chi connectivity index (χ1) is 10.1. The second-order valence-electron chi connectivity index (χ2n) is 5.91. The molecular weight excluding hydrogens is 274 g/mol. The van der Waals surface area contributed by atoms with E-state index in [4.69, 9.17) is 0 Å². The Morgan fingerprint density at radius 2 is 1.67 bits per heavy atom. The normalized spacial score (nSPS) is 26.7. The van der Waals surface area contributed by atoms with E-state index in [9.17, 15) is 13.6 Å². The molecule has 1 saturated heterocycles. The number of nitrogens with zero attached hydrogens (tertiary/aromatic N) is 2. The molecule has 2 aliphatic rings. The Bertz CT molecular complexity index is 480. The van der Waals surface area contributed by atoms with Gasteiger partial charge in [0.1, 0.15) is 0 Å². The molecule has 3 rings (SSSR count). The lowest BCUT2D eigenvalue weighted by Crippen LogP contribution is -2.55. The van der Waals surface area contributed by atoms with Crippen LogP contribution in [0.4, 0.5) is 8.78 Å². The minimum atomic E-state index is -2.18. The number of amides is 1. The van der Waals surface area contributed by atoms with Crippen molar-refractivity contribution >= 4 is 5.91 Å². The van der Waals surface area contributed by atoms with Gasteiger partial charge in [-0.2, -0.15) is 0 Å². The van der Waals surface area contributed by atoms with Crippen molar-refractivity contribution in [3.8, 4) is 0 Å². The highest BCUT2D eigenvalue weighted by molar-refractivity contribution is 5.94. The minimum absolute atomic E-state index is 0.0642. The molecule has 1 amide bonds. The van der Waals surface area contributed by atoms with Crippen molar-refractivity contribution in [2.75, 3.05) is 26.2 Å². The Balaban J connectivity index is 1.49. The summed E-state index contributed by atoms with van der Waals surface area (Å²) in [5, 5.41) is 0. The summed E-state index contributed by atoms with van der Waals surface area (Å²) in [7, 11) is 0. The van der Waals surface area contributed by atoms with Gasteiger partial charge in [0.25, 0.3) is 5.91 Å². The molecule has 1 aliphatic carbocycles. The minimum Gasteiger partial charge on any atom is -0.336 e. The molecule has 0 bridgehead atoms. The average molecular weight is 294 g/mol. The lowest BCUT2D eigenvalue weighted by molar-refractivity contribution is -0.0332. The molecule has 0 atom stereocenters. The maximum Gasteiger partial charge on any atom is 0.253 e. The highest BCUT2D eigenvalue weighted by Crippen LogP contribution is 2.36. The fourth-order valence-corrected chi connectivity index (χ4v) is 3.19. The number of carbonyl (C=O) groups excluding carboxylic acids is 1. The van der Waals surface area contributed by atoms with Gasteiger partial charge in [0, 0.05) is 43.7 Å². The molecule has 0 radical (unpaired) electrons. The van der Waals surface area contributed by atoms with Crippen LogP contribution in [0.5, 0.6) is 0 Å². The molecule has 1 heterocycles. The van der Waals surface area contributed by atoms with Gasteiger partial charge in [0.15, 0.2) is 0 Å². The summed E-state index contributed by atoms with van der Waals surface area (Å²) >= 11 is 0. The van der Waals surface area contributed by atoms with Crippen LogP contribution in [0.3, 0.4) is 0 Å². The summed E-state index contributed by atoms with van der Waals surface area (Å²) < 4.78 is 25.0. The first-order valence-corrected chi connectivity index (χ1v) is 7.51. The number of piperazine rings is 1. The number of alkyl halides is 2. The number of rotatable bonds is 3. The summed E-state index contributed by atoms with van der Waals surface area (Å²) in [5.41, 5.74) is 0.715. The van der Waals surface area contributed by atoms with Gasteiger partial charge in [0.05, 0.1) is 0 Å². The SMILES string of the molecule is O=C(c1ccccc1)N1CCN(C2CC(C(F)F)C2)CC1. The van der Waals surface area contributed by atoms with E-state index in [1.807, 2.05) is 35.2 Å². The fraction of sp³-hybridized carbons (Fsp3) is 0.562. The Hall–Kier alpha value is -1.49. The number of hydrogen-bond donors (Lipinski definition) is 0. The van der Waals surface area contributed by atoms with Crippen LogP contribution >= 0.6 is 0 Å². The van der Waals surface area contributed by atoms with Crippen molar-refractivity contribution in [1.82, 2.24) is 9.80 Å². The Kier molecular flexibility index (Phi) is 4.19. The monoisotopic (exact) mass is 294 g/mol. The van der Waals surface area contributed by atoms with E-state index in [1.54, 1.807) is 0 Å². The van der Waals surface area contributed by atoms with E-state index in [2.05, 4.69) is 4.90 Å².